The summed E-state index contributed by atoms with van der Waals surface area (Å²) in [5.74, 6) is 0.458. The maximum Gasteiger partial charge on any atom is 0.139 e. The Bertz CT molecular complexity index is 503. The number of aromatic nitrogens is 1. The van der Waals surface area contributed by atoms with Crippen LogP contribution in [0.5, 0.6) is 0 Å². The van der Waals surface area contributed by atoms with E-state index in [0.29, 0.717) is 11.6 Å². The van der Waals surface area contributed by atoms with Gasteiger partial charge >= 0.3 is 0 Å². The van der Waals surface area contributed by atoms with Crippen LogP contribution in [0.1, 0.15) is 44.1 Å². The van der Waals surface area contributed by atoms with E-state index in [9.17, 15) is 4.39 Å². The third-order valence-electron chi connectivity index (χ3n) is 2.82. The lowest BCUT2D eigenvalue weighted by Gasteiger charge is -2.10. The minimum absolute atomic E-state index is 0.458. The molecule has 2 aromatic rings. The van der Waals surface area contributed by atoms with Crippen molar-refractivity contribution in [3.8, 4) is 0 Å². The molecule has 2 heteroatoms. The zero-order valence-electron chi connectivity index (χ0n) is 9.87. The molecule has 0 amide bonds. The molecule has 1 aromatic carbocycles. The number of fused-ring (bicyclic) bond motifs is 1. The minimum Gasteiger partial charge on any atom is -0.250 e. The van der Waals surface area contributed by atoms with E-state index in [1.54, 1.807) is 6.07 Å². The van der Waals surface area contributed by atoms with Crippen molar-refractivity contribution in [1.82, 2.24) is 4.98 Å². The SMILES string of the molecule is CC(C)c1cccc2nc(C(C)F)ccc12. The lowest BCUT2D eigenvalue weighted by atomic mass is 9.98. The molecule has 84 valence electrons. The van der Waals surface area contributed by atoms with Crippen LogP contribution in [0.3, 0.4) is 0 Å². The number of alkyl halides is 1. The zero-order chi connectivity index (χ0) is 11.7. The number of nitrogens with zero attached hydrogens (tertiary/aromatic N) is 1. The Hall–Kier alpha value is -1.44. The topological polar surface area (TPSA) is 12.9 Å². The number of hydrogen-bond acceptors (Lipinski definition) is 1. The Morgan fingerprint density at radius 2 is 1.81 bits per heavy atom. The van der Waals surface area contributed by atoms with Crippen molar-refractivity contribution in [2.24, 2.45) is 0 Å². The third-order valence-corrected chi connectivity index (χ3v) is 2.82. The molecule has 0 spiro atoms. The molecule has 0 bridgehead atoms. The summed E-state index contributed by atoms with van der Waals surface area (Å²) >= 11 is 0. The Morgan fingerprint density at radius 3 is 2.44 bits per heavy atom. The van der Waals surface area contributed by atoms with Gasteiger partial charge in [0.2, 0.25) is 0 Å². The summed E-state index contributed by atoms with van der Waals surface area (Å²) in [4.78, 5) is 4.34. The van der Waals surface area contributed by atoms with Crippen molar-refractivity contribution in [3.05, 3.63) is 41.6 Å². The predicted octanol–water partition coefficient (Wildman–Crippen LogP) is 4.39. The molecule has 0 aliphatic rings. The standard InChI is InChI=1S/C14H16FN/c1-9(2)11-5-4-6-14-12(11)7-8-13(16-14)10(3)15/h4-10H,1-3H3. The van der Waals surface area contributed by atoms with Gasteiger partial charge < -0.3 is 0 Å². The Balaban J connectivity index is 2.64. The van der Waals surface area contributed by atoms with Crippen molar-refractivity contribution in [2.45, 2.75) is 32.9 Å². The van der Waals surface area contributed by atoms with Gasteiger partial charge in [-0.3, -0.25) is 0 Å². The van der Waals surface area contributed by atoms with Crippen LogP contribution in [-0.2, 0) is 0 Å². The smallest absolute Gasteiger partial charge is 0.139 e. The molecule has 1 heterocycles. The van der Waals surface area contributed by atoms with Crippen LogP contribution in [0, 0.1) is 0 Å². The molecule has 2 rings (SSSR count). The van der Waals surface area contributed by atoms with E-state index in [1.165, 1.54) is 12.5 Å². The fourth-order valence-corrected chi connectivity index (χ4v) is 1.92. The quantitative estimate of drug-likeness (QED) is 0.727. The van der Waals surface area contributed by atoms with E-state index < -0.39 is 6.17 Å². The maximum absolute atomic E-state index is 13.2. The van der Waals surface area contributed by atoms with Crippen LogP contribution < -0.4 is 0 Å². The molecular formula is C14H16FN. The number of rotatable bonds is 2. The van der Waals surface area contributed by atoms with Crippen molar-refractivity contribution in [3.63, 3.8) is 0 Å². The second kappa shape index (κ2) is 4.20. The third kappa shape index (κ3) is 1.92. The summed E-state index contributed by atoms with van der Waals surface area (Å²) in [6, 6.07) is 9.78. The highest BCUT2D eigenvalue weighted by atomic mass is 19.1. The van der Waals surface area contributed by atoms with Crippen LogP contribution >= 0.6 is 0 Å². The van der Waals surface area contributed by atoms with E-state index in [0.717, 1.165) is 10.9 Å². The summed E-state index contributed by atoms with van der Waals surface area (Å²) in [6.07, 6.45) is -1.01. The van der Waals surface area contributed by atoms with Gasteiger partial charge in [0.1, 0.15) is 6.17 Å². The Labute approximate surface area is 95.3 Å². The van der Waals surface area contributed by atoms with Crippen molar-refractivity contribution >= 4 is 10.9 Å². The molecule has 0 radical (unpaired) electrons. The number of halogens is 1. The predicted molar refractivity (Wildman–Crippen MR) is 65.4 cm³/mol. The van der Waals surface area contributed by atoms with E-state index >= 15 is 0 Å². The molecule has 0 aliphatic carbocycles. The first-order valence-electron chi connectivity index (χ1n) is 5.63. The van der Waals surface area contributed by atoms with Gasteiger partial charge in [0, 0.05) is 5.39 Å². The molecule has 0 aliphatic heterocycles. The van der Waals surface area contributed by atoms with Crippen molar-refractivity contribution in [2.75, 3.05) is 0 Å². The average molecular weight is 217 g/mol. The maximum atomic E-state index is 13.2. The largest absolute Gasteiger partial charge is 0.250 e. The fourth-order valence-electron chi connectivity index (χ4n) is 1.92. The zero-order valence-corrected chi connectivity index (χ0v) is 9.87. The van der Waals surface area contributed by atoms with Crippen LogP contribution in [0.4, 0.5) is 4.39 Å². The first kappa shape index (κ1) is 11.1. The number of pyridine rings is 1. The van der Waals surface area contributed by atoms with E-state index in [4.69, 9.17) is 0 Å². The van der Waals surface area contributed by atoms with Gasteiger partial charge in [-0.05, 0) is 30.5 Å². The number of benzene rings is 1. The Morgan fingerprint density at radius 1 is 1.06 bits per heavy atom. The molecule has 1 aromatic heterocycles. The minimum atomic E-state index is -1.01. The fraction of sp³-hybridized carbons (Fsp3) is 0.357. The lowest BCUT2D eigenvalue weighted by molar-refractivity contribution is 0.366. The van der Waals surface area contributed by atoms with Crippen LogP contribution in [0.25, 0.3) is 10.9 Å². The Kier molecular flexibility index (Phi) is 2.90. The molecule has 0 N–H and O–H groups in total. The monoisotopic (exact) mass is 217 g/mol. The van der Waals surface area contributed by atoms with Gasteiger partial charge in [-0.2, -0.15) is 0 Å². The first-order valence-corrected chi connectivity index (χ1v) is 5.63. The summed E-state index contributed by atoms with van der Waals surface area (Å²) < 4.78 is 13.2. The van der Waals surface area contributed by atoms with Gasteiger partial charge in [-0.25, -0.2) is 9.37 Å². The summed E-state index contributed by atoms with van der Waals surface area (Å²) in [6.45, 7) is 5.82. The van der Waals surface area contributed by atoms with Gasteiger partial charge in [0.05, 0.1) is 11.2 Å². The van der Waals surface area contributed by atoms with E-state index in [2.05, 4.69) is 24.9 Å². The molecule has 1 nitrogen and oxygen atoms in total. The summed E-state index contributed by atoms with van der Waals surface area (Å²) in [5.41, 5.74) is 2.66. The van der Waals surface area contributed by atoms with Gasteiger partial charge in [0.25, 0.3) is 0 Å². The van der Waals surface area contributed by atoms with Gasteiger partial charge in [-0.1, -0.05) is 32.0 Å². The molecule has 0 fully saturated rings. The molecule has 0 saturated heterocycles. The van der Waals surface area contributed by atoms with Crippen molar-refractivity contribution in [1.29, 1.82) is 0 Å². The van der Waals surface area contributed by atoms with Crippen molar-refractivity contribution < 1.29 is 4.39 Å². The van der Waals surface area contributed by atoms with Gasteiger partial charge in [0.15, 0.2) is 0 Å². The van der Waals surface area contributed by atoms with Gasteiger partial charge in [-0.15, -0.1) is 0 Å². The second-order valence-corrected chi connectivity index (χ2v) is 4.42. The molecule has 1 atom stereocenters. The van der Waals surface area contributed by atoms with E-state index in [-0.39, 0.29) is 0 Å². The lowest BCUT2D eigenvalue weighted by Crippen LogP contribution is -1.95. The molecule has 0 saturated carbocycles. The second-order valence-electron chi connectivity index (χ2n) is 4.42. The highest BCUT2D eigenvalue weighted by Crippen LogP contribution is 2.26. The average Bonchev–Trinajstić information content (AvgIpc) is 2.27. The highest BCUT2D eigenvalue weighted by molar-refractivity contribution is 5.82. The molecule has 16 heavy (non-hydrogen) atoms. The molecular weight excluding hydrogens is 201 g/mol. The van der Waals surface area contributed by atoms with Crippen LogP contribution in [0.2, 0.25) is 0 Å². The first-order chi connectivity index (χ1) is 7.59. The van der Waals surface area contributed by atoms with Crippen LogP contribution in [0.15, 0.2) is 30.3 Å². The normalized spacial score (nSPS) is 13.3. The highest BCUT2D eigenvalue weighted by Gasteiger charge is 2.09. The number of hydrogen-bond donors (Lipinski definition) is 0. The van der Waals surface area contributed by atoms with Crippen LogP contribution in [-0.4, -0.2) is 4.98 Å². The summed E-state index contributed by atoms with van der Waals surface area (Å²) in [5, 5.41) is 1.13. The molecule has 1 unspecified atom stereocenters. The summed E-state index contributed by atoms with van der Waals surface area (Å²) in [7, 11) is 0. The van der Waals surface area contributed by atoms with E-state index in [1.807, 2.05) is 18.2 Å².